The number of hydrogen-bond acceptors (Lipinski definition) is 4. The number of nitrogens with zero attached hydrogens (tertiary/aromatic N) is 1. The van der Waals surface area contributed by atoms with E-state index in [2.05, 4.69) is 5.32 Å². The Morgan fingerprint density at radius 3 is 2.62 bits per heavy atom. The number of nitrogens with one attached hydrogen (secondary N) is 1. The van der Waals surface area contributed by atoms with Crippen molar-refractivity contribution >= 4 is 23.0 Å². The molecule has 0 aliphatic heterocycles. The largest absolute Gasteiger partial charge is 0.508 e. The van der Waals surface area contributed by atoms with Gasteiger partial charge in [-0.3, -0.25) is 10.1 Å². The van der Waals surface area contributed by atoms with Crippen LogP contribution in [0.5, 0.6) is 5.75 Å². The minimum atomic E-state index is -0.508. The van der Waals surface area contributed by atoms with Gasteiger partial charge < -0.3 is 10.4 Å². The van der Waals surface area contributed by atoms with Gasteiger partial charge in [0.25, 0.3) is 5.69 Å². The Labute approximate surface area is 127 Å². The third-order valence-corrected chi connectivity index (χ3v) is 3.57. The van der Waals surface area contributed by atoms with E-state index in [9.17, 15) is 15.2 Å². The topological polar surface area (TPSA) is 75.4 Å². The van der Waals surface area contributed by atoms with Gasteiger partial charge in [0.15, 0.2) is 0 Å². The molecular formula is C15H15ClN2O3. The van der Waals surface area contributed by atoms with Gasteiger partial charge in [-0.05, 0) is 31.5 Å². The molecule has 2 aromatic carbocycles. The summed E-state index contributed by atoms with van der Waals surface area (Å²) >= 11 is 5.93. The van der Waals surface area contributed by atoms with Crippen LogP contribution in [0.3, 0.4) is 0 Å². The number of phenolic OH excluding ortho intramolecular Hbond substituents is 1. The van der Waals surface area contributed by atoms with E-state index in [0.717, 1.165) is 5.56 Å². The molecule has 2 rings (SSSR count). The predicted octanol–water partition coefficient (Wildman–Crippen LogP) is 4.44. The molecule has 5 nitrogen and oxygen atoms in total. The minimum absolute atomic E-state index is 0.0811. The lowest BCUT2D eigenvalue weighted by Crippen LogP contribution is -2.08. The molecule has 6 heteroatoms. The van der Waals surface area contributed by atoms with Gasteiger partial charge in [-0.25, -0.2) is 0 Å². The number of aryl methyl sites for hydroxylation is 1. The molecule has 21 heavy (non-hydrogen) atoms. The summed E-state index contributed by atoms with van der Waals surface area (Å²) in [4.78, 5) is 10.3. The van der Waals surface area contributed by atoms with Gasteiger partial charge in [0.05, 0.1) is 11.0 Å². The Balaban J connectivity index is 2.30. The number of benzene rings is 2. The standard InChI is InChI=1S/C15H15ClN2O3/c1-9-7-14(18(20)21)12(16)8-13(9)17-10(2)11-5-3-4-6-15(11)19/h3-8,10,17,19H,1-2H3. The van der Waals surface area contributed by atoms with Gasteiger partial charge in [-0.1, -0.05) is 29.8 Å². The molecule has 0 aromatic heterocycles. The maximum atomic E-state index is 10.8. The normalized spacial score (nSPS) is 12.0. The second kappa shape index (κ2) is 6.01. The van der Waals surface area contributed by atoms with Crippen LogP contribution in [-0.4, -0.2) is 10.0 Å². The van der Waals surface area contributed by atoms with E-state index in [1.54, 1.807) is 19.1 Å². The smallest absolute Gasteiger partial charge is 0.288 e. The molecule has 0 spiro atoms. The second-order valence-electron chi connectivity index (χ2n) is 4.80. The molecule has 1 atom stereocenters. The van der Waals surface area contributed by atoms with Gasteiger partial charge in [0.1, 0.15) is 10.8 Å². The van der Waals surface area contributed by atoms with Crippen LogP contribution in [0.15, 0.2) is 36.4 Å². The molecule has 110 valence electrons. The highest BCUT2D eigenvalue weighted by Crippen LogP contribution is 2.33. The maximum absolute atomic E-state index is 10.8. The van der Waals surface area contributed by atoms with Gasteiger partial charge in [0.2, 0.25) is 0 Å². The Hall–Kier alpha value is -2.27. The van der Waals surface area contributed by atoms with Crippen molar-refractivity contribution < 1.29 is 10.0 Å². The van der Waals surface area contributed by atoms with Crippen molar-refractivity contribution in [3.63, 3.8) is 0 Å². The molecule has 0 amide bonds. The van der Waals surface area contributed by atoms with Crippen LogP contribution in [0.1, 0.15) is 24.1 Å². The lowest BCUT2D eigenvalue weighted by atomic mass is 10.1. The predicted molar refractivity (Wildman–Crippen MR) is 83.0 cm³/mol. The first-order valence-electron chi connectivity index (χ1n) is 6.39. The molecule has 0 radical (unpaired) electrons. The summed E-state index contributed by atoms with van der Waals surface area (Å²) in [5, 5.41) is 24.0. The summed E-state index contributed by atoms with van der Waals surface area (Å²) < 4.78 is 0. The molecule has 0 saturated heterocycles. The monoisotopic (exact) mass is 306 g/mol. The van der Waals surface area contributed by atoms with Crippen LogP contribution in [0.4, 0.5) is 11.4 Å². The van der Waals surface area contributed by atoms with Gasteiger partial charge in [-0.2, -0.15) is 0 Å². The number of phenols is 1. The fourth-order valence-electron chi connectivity index (χ4n) is 2.13. The van der Waals surface area contributed by atoms with Gasteiger partial charge in [-0.15, -0.1) is 0 Å². The van der Waals surface area contributed by atoms with Gasteiger partial charge >= 0.3 is 0 Å². The lowest BCUT2D eigenvalue weighted by molar-refractivity contribution is -0.384. The molecule has 2 N–H and O–H groups in total. The maximum Gasteiger partial charge on any atom is 0.288 e. The molecule has 0 fully saturated rings. The molecule has 0 bridgehead atoms. The van der Waals surface area contributed by atoms with Crippen molar-refractivity contribution in [1.82, 2.24) is 0 Å². The van der Waals surface area contributed by atoms with Crippen molar-refractivity contribution in [3.05, 3.63) is 62.7 Å². The Morgan fingerprint density at radius 1 is 1.33 bits per heavy atom. The summed E-state index contributed by atoms with van der Waals surface area (Å²) in [6.45, 7) is 3.66. The Bertz CT molecular complexity index is 689. The number of para-hydroxylation sites is 1. The van der Waals surface area contributed by atoms with Crippen LogP contribution >= 0.6 is 11.6 Å². The van der Waals surface area contributed by atoms with Crippen molar-refractivity contribution in [3.8, 4) is 5.75 Å². The number of halogens is 1. The van der Waals surface area contributed by atoms with Crippen molar-refractivity contribution in [2.24, 2.45) is 0 Å². The first-order chi connectivity index (χ1) is 9.90. The highest BCUT2D eigenvalue weighted by atomic mass is 35.5. The van der Waals surface area contributed by atoms with Crippen LogP contribution in [0.2, 0.25) is 5.02 Å². The first kappa shape index (κ1) is 15.1. The minimum Gasteiger partial charge on any atom is -0.508 e. The first-order valence-corrected chi connectivity index (χ1v) is 6.77. The summed E-state index contributed by atoms with van der Waals surface area (Å²) in [5.41, 5.74) is 2.04. The van der Waals surface area contributed by atoms with E-state index < -0.39 is 4.92 Å². The number of nitro groups is 1. The van der Waals surface area contributed by atoms with E-state index in [-0.39, 0.29) is 22.5 Å². The average Bonchev–Trinajstić information content (AvgIpc) is 2.42. The molecule has 0 heterocycles. The fourth-order valence-corrected chi connectivity index (χ4v) is 2.36. The highest BCUT2D eigenvalue weighted by molar-refractivity contribution is 6.33. The van der Waals surface area contributed by atoms with E-state index in [4.69, 9.17) is 11.6 Å². The summed E-state index contributed by atoms with van der Waals surface area (Å²) in [7, 11) is 0. The highest BCUT2D eigenvalue weighted by Gasteiger charge is 2.17. The molecule has 0 saturated carbocycles. The molecular weight excluding hydrogens is 292 g/mol. The number of anilines is 1. The van der Waals surface area contributed by atoms with E-state index in [1.165, 1.54) is 12.1 Å². The zero-order valence-corrected chi connectivity index (χ0v) is 12.4. The quantitative estimate of drug-likeness (QED) is 0.647. The molecule has 0 aliphatic carbocycles. The summed E-state index contributed by atoms with van der Waals surface area (Å²) in [5.74, 6) is 0.197. The summed E-state index contributed by atoms with van der Waals surface area (Å²) in [6.07, 6.45) is 0. The Morgan fingerprint density at radius 2 is 2.00 bits per heavy atom. The fraction of sp³-hybridized carbons (Fsp3) is 0.200. The number of hydrogen-bond donors (Lipinski definition) is 2. The third kappa shape index (κ3) is 3.25. The number of aromatic hydroxyl groups is 1. The van der Waals surface area contributed by atoms with E-state index >= 15 is 0 Å². The van der Waals surface area contributed by atoms with Crippen LogP contribution in [0, 0.1) is 17.0 Å². The van der Waals surface area contributed by atoms with Gasteiger partial charge in [0, 0.05) is 17.3 Å². The lowest BCUT2D eigenvalue weighted by Gasteiger charge is -2.18. The van der Waals surface area contributed by atoms with Crippen molar-refractivity contribution in [2.75, 3.05) is 5.32 Å². The van der Waals surface area contributed by atoms with Crippen molar-refractivity contribution in [2.45, 2.75) is 19.9 Å². The average molecular weight is 307 g/mol. The summed E-state index contributed by atoms with van der Waals surface area (Å²) in [6, 6.07) is 9.82. The van der Waals surface area contributed by atoms with Crippen LogP contribution < -0.4 is 5.32 Å². The molecule has 1 unspecified atom stereocenters. The Kier molecular flexibility index (Phi) is 4.33. The van der Waals surface area contributed by atoms with Crippen molar-refractivity contribution in [1.29, 1.82) is 0 Å². The third-order valence-electron chi connectivity index (χ3n) is 3.27. The SMILES string of the molecule is Cc1cc([N+](=O)[O-])c(Cl)cc1NC(C)c1ccccc1O. The zero-order valence-electron chi connectivity index (χ0n) is 11.6. The zero-order chi connectivity index (χ0) is 15.6. The van der Waals surface area contributed by atoms with E-state index in [1.807, 2.05) is 19.1 Å². The van der Waals surface area contributed by atoms with Crippen LogP contribution in [-0.2, 0) is 0 Å². The number of rotatable bonds is 4. The number of nitro benzene ring substituents is 1. The van der Waals surface area contributed by atoms with Crippen LogP contribution in [0.25, 0.3) is 0 Å². The molecule has 0 aliphatic rings. The second-order valence-corrected chi connectivity index (χ2v) is 5.21. The van der Waals surface area contributed by atoms with E-state index in [0.29, 0.717) is 11.3 Å². The molecule has 2 aromatic rings.